The molecule has 5 heteroatoms. The maximum atomic E-state index is 11.6. The summed E-state index contributed by atoms with van der Waals surface area (Å²) >= 11 is 1.69. The Bertz CT molecular complexity index is 885. The van der Waals surface area contributed by atoms with E-state index in [0.29, 0.717) is 12.2 Å². The third-order valence-corrected chi connectivity index (χ3v) is 4.91. The van der Waals surface area contributed by atoms with Crippen molar-refractivity contribution in [3.8, 4) is 20.9 Å². The summed E-state index contributed by atoms with van der Waals surface area (Å²) in [4.78, 5) is 18.0. The van der Waals surface area contributed by atoms with Crippen LogP contribution in [-0.2, 0) is 6.54 Å². The maximum Gasteiger partial charge on any atom is 0.251 e. The molecule has 1 aliphatic heterocycles. The molecule has 3 heterocycles. The van der Waals surface area contributed by atoms with Gasteiger partial charge >= 0.3 is 0 Å². The van der Waals surface area contributed by atoms with Gasteiger partial charge in [0.05, 0.1) is 5.69 Å². The second-order valence-electron chi connectivity index (χ2n) is 5.23. The molecule has 2 aromatic heterocycles. The minimum absolute atomic E-state index is 0.0132. The largest absolute Gasteiger partial charge is 0.397 e. The van der Waals surface area contributed by atoms with Gasteiger partial charge in [-0.3, -0.25) is 9.78 Å². The van der Waals surface area contributed by atoms with Crippen LogP contribution in [-0.4, -0.2) is 10.9 Å². The molecule has 1 aliphatic rings. The number of pyridine rings is 1. The van der Waals surface area contributed by atoms with Crippen LogP contribution in [0.2, 0.25) is 0 Å². The highest BCUT2D eigenvalue weighted by atomic mass is 32.1. The summed E-state index contributed by atoms with van der Waals surface area (Å²) in [6.45, 7) is 0.610. The van der Waals surface area contributed by atoms with Crippen molar-refractivity contribution < 1.29 is 4.79 Å². The number of hydrogen-bond acceptors (Lipinski definition) is 4. The minimum Gasteiger partial charge on any atom is -0.397 e. The summed E-state index contributed by atoms with van der Waals surface area (Å²) in [5, 5.41) is 2.84. The lowest BCUT2D eigenvalue weighted by molar-refractivity contribution is 0.0966. The van der Waals surface area contributed by atoms with Gasteiger partial charge in [0.1, 0.15) is 0 Å². The average molecular weight is 307 g/mol. The number of fused-ring (bicyclic) bond motifs is 1. The number of nitrogens with two attached hydrogens (primary N) is 1. The van der Waals surface area contributed by atoms with Gasteiger partial charge in [0.15, 0.2) is 0 Å². The van der Waals surface area contributed by atoms with Crippen molar-refractivity contribution in [3.05, 3.63) is 59.9 Å². The first-order valence-electron chi connectivity index (χ1n) is 6.93. The topological polar surface area (TPSA) is 68.0 Å². The van der Waals surface area contributed by atoms with Gasteiger partial charge in [-0.25, -0.2) is 0 Å². The second-order valence-corrected chi connectivity index (χ2v) is 6.31. The molecule has 22 heavy (non-hydrogen) atoms. The quantitative estimate of drug-likeness (QED) is 0.763. The predicted octanol–water partition coefficient (Wildman–Crippen LogP) is 3.30. The Morgan fingerprint density at radius 1 is 1.05 bits per heavy atom. The Labute approximate surface area is 131 Å². The normalized spacial score (nSPS) is 13.0. The van der Waals surface area contributed by atoms with E-state index in [1.165, 1.54) is 4.88 Å². The first-order valence-corrected chi connectivity index (χ1v) is 7.74. The van der Waals surface area contributed by atoms with Crippen molar-refractivity contribution in [1.29, 1.82) is 0 Å². The summed E-state index contributed by atoms with van der Waals surface area (Å²) in [5.41, 5.74) is 10.4. The van der Waals surface area contributed by atoms with Gasteiger partial charge < -0.3 is 11.1 Å². The molecule has 3 N–H and O–H groups in total. The molecule has 0 atom stereocenters. The highest BCUT2D eigenvalue weighted by molar-refractivity contribution is 7.18. The third-order valence-electron chi connectivity index (χ3n) is 3.72. The monoisotopic (exact) mass is 307 g/mol. The molecule has 0 unspecified atom stereocenters. The van der Waals surface area contributed by atoms with E-state index >= 15 is 0 Å². The lowest BCUT2D eigenvalue weighted by atomic mass is 10.1. The van der Waals surface area contributed by atoms with Gasteiger partial charge in [-0.15, -0.1) is 11.3 Å². The zero-order valence-corrected chi connectivity index (χ0v) is 12.5. The van der Waals surface area contributed by atoms with Crippen molar-refractivity contribution in [2.45, 2.75) is 6.54 Å². The van der Waals surface area contributed by atoms with Crippen LogP contribution in [0.15, 0.2) is 48.8 Å². The molecule has 0 saturated heterocycles. The Kier molecular flexibility index (Phi) is 2.94. The summed E-state index contributed by atoms with van der Waals surface area (Å²) < 4.78 is 0. The highest BCUT2D eigenvalue weighted by Crippen LogP contribution is 2.35. The zero-order valence-electron chi connectivity index (χ0n) is 11.7. The lowest BCUT2D eigenvalue weighted by Gasteiger charge is -2.01. The van der Waals surface area contributed by atoms with Crippen LogP contribution < -0.4 is 11.1 Å². The first kappa shape index (κ1) is 13.0. The molecule has 0 spiro atoms. The number of nitrogen functional groups attached to an aromatic ring is 1. The highest BCUT2D eigenvalue weighted by Gasteiger charge is 2.19. The van der Waals surface area contributed by atoms with Gasteiger partial charge in [0.2, 0.25) is 0 Å². The van der Waals surface area contributed by atoms with Crippen LogP contribution >= 0.6 is 11.3 Å². The number of amides is 1. The number of nitrogens with one attached hydrogen (secondary N) is 1. The van der Waals surface area contributed by atoms with E-state index < -0.39 is 0 Å². The average Bonchev–Trinajstić information content (AvgIpc) is 3.15. The molecule has 3 aromatic rings. The summed E-state index contributed by atoms with van der Waals surface area (Å²) in [6.07, 6.45) is 3.46. The van der Waals surface area contributed by atoms with Crippen molar-refractivity contribution in [2.24, 2.45) is 0 Å². The smallest absolute Gasteiger partial charge is 0.251 e. The second kappa shape index (κ2) is 4.96. The number of carbonyl (C=O) groups excluding carboxylic acids is 1. The standard InChI is InChI=1S/C17H13N3OS/c18-13-6-12(7-19-9-13)16-4-3-15(22-16)10-1-2-14-11(5-10)8-20-17(14)21/h1-7,9H,8,18H2,(H,20,21). The van der Waals surface area contributed by atoms with Crippen molar-refractivity contribution >= 4 is 22.9 Å². The van der Waals surface area contributed by atoms with Crippen LogP contribution in [0.4, 0.5) is 5.69 Å². The molecule has 0 saturated carbocycles. The zero-order chi connectivity index (χ0) is 15.1. The number of carbonyl (C=O) groups is 1. The number of thiophene rings is 1. The van der Waals surface area contributed by atoms with Gasteiger partial charge in [0.25, 0.3) is 5.91 Å². The molecule has 0 aliphatic carbocycles. The van der Waals surface area contributed by atoms with Gasteiger partial charge in [0, 0.05) is 39.8 Å². The molecule has 1 amide bonds. The van der Waals surface area contributed by atoms with E-state index in [-0.39, 0.29) is 5.91 Å². The van der Waals surface area contributed by atoms with Crippen molar-refractivity contribution in [2.75, 3.05) is 5.73 Å². The van der Waals surface area contributed by atoms with E-state index in [1.807, 2.05) is 24.4 Å². The van der Waals surface area contributed by atoms with E-state index in [1.54, 1.807) is 17.5 Å². The number of aromatic nitrogens is 1. The van der Waals surface area contributed by atoms with Crippen LogP contribution in [0, 0.1) is 0 Å². The van der Waals surface area contributed by atoms with Crippen LogP contribution in [0.5, 0.6) is 0 Å². The first-order chi connectivity index (χ1) is 10.7. The molecule has 0 fully saturated rings. The SMILES string of the molecule is Nc1cncc(-c2ccc(-c3ccc4c(c3)CNC4=O)s2)c1. The maximum absolute atomic E-state index is 11.6. The molecule has 108 valence electrons. The summed E-state index contributed by atoms with van der Waals surface area (Å²) in [7, 11) is 0. The molecular formula is C17H13N3OS. The van der Waals surface area contributed by atoms with Crippen LogP contribution in [0.3, 0.4) is 0 Å². The minimum atomic E-state index is 0.0132. The van der Waals surface area contributed by atoms with E-state index in [4.69, 9.17) is 5.73 Å². The fourth-order valence-electron chi connectivity index (χ4n) is 2.63. The lowest BCUT2D eigenvalue weighted by Crippen LogP contribution is -2.12. The van der Waals surface area contributed by atoms with E-state index in [0.717, 1.165) is 27.1 Å². The molecule has 4 rings (SSSR count). The Morgan fingerprint density at radius 3 is 2.68 bits per heavy atom. The predicted molar refractivity (Wildman–Crippen MR) is 88.6 cm³/mol. The fraction of sp³-hybridized carbons (Fsp3) is 0.0588. The number of benzene rings is 1. The molecule has 4 nitrogen and oxygen atoms in total. The Hall–Kier alpha value is -2.66. The summed E-state index contributed by atoms with van der Waals surface area (Å²) in [6, 6.07) is 12.1. The fourth-order valence-corrected chi connectivity index (χ4v) is 3.61. The molecular weight excluding hydrogens is 294 g/mol. The number of rotatable bonds is 2. The molecule has 0 radical (unpaired) electrons. The van der Waals surface area contributed by atoms with Crippen molar-refractivity contribution in [3.63, 3.8) is 0 Å². The van der Waals surface area contributed by atoms with Crippen LogP contribution in [0.1, 0.15) is 15.9 Å². The van der Waals surface area contributed by atoms with Gasteiger partial charge in [-0.2, -0.15) is 0 Å². The van der Waals surface area contributed by atoms with E-state index in [9.17, 15) is 4.79 Å². The number of anilines is 1. The molecule has 1 aromatic carbocycles. The van der Waals surface area contributed by atoms with Crippen LogP contribution in [0.25, 0.3) is 20.9 Å². The van der Waals surface area contributed by atoms with Gasteiger partial charge in [-0.1, -0.05) is 6.07 Å². The number of hydrogen-bond donors (Lipinski definition) is 2. The van der Waals surface area contributed by atoms with Gasteiger partial charge in [-0.05, 0) is 41.5 Å². The molecule has 0 bridgehead atoms. The Morgan fingerprint density at radius 2 is 1.86 bits per heavy atom. The van der Waals surface area contributed by atoms with E-state index in [2.05, 4.69) is 28.5 Å². The summed E-state index contributed by atoms with van der Waals surface area (Å²) in [5.74, 6) is 0.0132. The number of nitrogens with zero attached hydrogens (tertiary/aromatic N) is 1. The third kappa shape index (κ3) is 2.16. The Balaban J connectivity index is 1.71. The van der Waals surface area contributed by atoms with Crippen molar-refractivity contribution in [1.82, 2.24) is 10.3 Å².